The van der Waals surface area contributed by atoms with E-state index in [1.165, 1.54) is 12.3 Å². The number of carbonyl (C=O) groups is 1. The Kier molecular flexibility index (Phi) is 4.89. The molecule has 0 unspecified atom stereocenters. The van der Waals surface area contributed by atoms with Crippen LogP contribution in [0.4, 0.5) is 4.39 Å². The van der Waals surface area contributed by atoms with Crippen LogP contribution in [0.5, 0.6) is 0 Å². The SMILES string of the molecule is CC(C)CCCOC(=O)c1ccncc1F. The molecule has 0 amide bonds. The maximum Gasteiger partial charge on any atom is 0.341 e. The number of rotatable bonds is 5. The average molecular weight is 225 g/mol. The van der Waals surface area contributed by atoms with E-state index in [4.69, 9.17) is 4.74 Å². The lowest BCUT2D eigenvalue weighted by Gasteiger charge is -2.06. The fourth-order valence-electron chi connectivity index (χ4n) is 1.27. The topological polar surface area (TPSA) is 39.2 Å². The van der Waals surface area contributed by atoms with Crippen LogP contribution in [0.1, 0.15) is 37.0 Å². The third kappa shape index (κ3) is 3.96. The first-order valence-electron chi connectivity index (χ1n) is 5.38. The first-order chi connectivity index (χ1) is 7.61. The van der Waals surface area contributed by atoms with Crippen LogP contribution in [-0.2, 0) is 4.74 Å². The number of ether oxygens (including phenoxy) is 1. The van der Waals surface area contributed by atoms with Crippen LogP contribution in [0.2, 0.25) is 0 Å². The zero-order valence-corrected chi connectivity index (χ0v) is 9.57. The Morgan fingerprint density at radius 2 is 2.31 bits per heavy atom. The highest BCUT2D eigenvalue weighted by Crippen LogP contribution is 2.08. The van der Waals surface area contributed by atoms with Gasteiger partial charge in [0.05, 0.1) is 18.4 Å². The first kappa shape index (κ1) is 12.6. The van der Waals surface area contributed by atoms with Crippen molar-refractivity contribution in [1.29, 1.82) is 0 Å². The molecule has 3 nitrogen and oxygen atoms in total. The number of halogens is 1. The summed E-state index contributed by atoms with van der Waals surface area (Å²) in [5.41, 5.74) is -0.0560. The van der Waals surface area contributed by atoms with Crippen LogP contribution in [0.25, 0.3) is 0 Å². The van der Waals surface area contributed by atoms with Gasteiger partial charge in [-0.05, 0) is 24.8 Å². The molecule has 0 fully saturated rings. The molecule has 0 aliphatic carbocycles. The van der Waals surface area contributed by atoms with E-state index in [1.807, 2.05) is 0 Å². The van der Waals surface area contributed by atoms with Crippen molar-refractivity contribution in [2.45, 2.75) is 26.7 Å². The molecule has 4 heteroatoms. The molecule has 0 atom stereocenters. The van der Waals surface area contributed by atoms with Gasteiger partial charge in [0, 0.05) is 6.20 Å². The molecule has 16 heavy (non-hydrogen) atoms. The number of hydrogen-bond donors (Lipinski definition) is 0. The molecule has 0 radical (unpaired) electrons. The maximum atomic E-state index is 13.1. The molecular weight excluding hydrogens is 209 g/mol. The molecule has 0 aromatic carbocycles. The number of hydrogen-bond acceptors (Lipinski definition) is 3. The van der Waals surface area contributed by atoms with Crippen molar-refractivity contribution in [1.82, 2.24) is 4.98 Å². The molecule has 1 rings (SSSR count). The van der Waals surface area contributed by atoms with Crippen LogP contribution >= 0.6 is 0 Å². The van der Waals surface area contributed by atoms with E-state index in [9.17, 15) is 9.18 Å². The maximum absolute atomic E-state index is 13.1. The van der Waals surface area contributed by atoms with E-state index in [0.717, 1.165) is 19.0 Å². The van der Waals surface area contributed by atoms with Gasteiger partial charge in [-0.1, -0.05) is 13.8 Å². The fourth-order valence-corrected chi connectivity index (χ4v) is 1.27. The number of carbonyl (C=O) groups excluding carboxylic acids is 1. The molecular formula is C12H16FNO2. The summed E-state index contributed by atoms with van der Waals surface area (Å²) in [4.78, 5) is 15.0. The number of pyridine rings is 1. The highest BCUT2D eigenvalue weighted by atomic mass is 19.1. The van der Waals surface area contributed by atoms with Crippen molar-refractivity contribution in [3.8, 4) is 0 Å². The third-order valence-electron chi connectivity index (χ3n) is 2.15. The second kappa shape index (κ2) is 6.20. The summed E-state index contributed by atoms with van der Waals surface area (Å²) in [6.07, 6.45) is 4.17. The summed E-state index contributed by atoms with van der Waals surface area (Å²) in [5, 5.41) is 0. The lowest BCUT2D eigenvalue weighted by Crippen LogP contribution is -2.09. The van der Waals surface area contributed by atoms with Gasteiger partial charge in [0.25, 0.3) is 0 Å². The minimum atomic E-state index is -0.642. The minimum Gasteiger partial charge on any atom is -0.462 e. The van der Waals surface area contributed by atoms with Crippen molar-refractivity contribution in [3.63, 3.8) is 0 Å². The summed E-state index contributed by atoms with van der Waals surface area (Å²) in [7, 11) is 0. The summed E-state index contributed by atoms with van der Waals surface area (Å²) in [6.45, 7) is 4.54. The molecule has 1 aromatic heterocycles. The lowest BCUT2D eigenvalue weighted by atomic mass is 10.1. The van der Waals surface area contributed by atoms with Crippen molar-refractivity contribution in [2.24, 2.45) is 5.92 Å². The Bertz CT molecular complexity index is 353. The van der Waals surface area contributed by atoms with Gasteiger partial charge in [-0.2, -0.15) is 0 Å². The Labute approximate surface area is 94.6 Å². The number of nitrogens with zero attached hydrogens (tertiary/aromatic N) is 1. The molecule has 0 spiro atoms. The molecule has 1 aromatic rings. The van der Waals surface area contributed by atoms with Crippen molar-refractivity contribution in [2.75, 3.05) is 6.61 Å². The monoisotopic (exact) mass is 225 g/mol. The van der Waals surface area contributed by atoms with Crippen molar-refractivity contribution < 1.29 is 13.9 Å². The standard InChI is InChI=1S/C12H16FNO2/c1-9(2)4-3-7-16-12(15)10-5-6-14-8-11(10)13/h5-6,8-9H,3-4,7H2,1-2H3. The normalized spacial score (nSPS) is 10.5. The van der Waals surface area contributed by atoms with Gasteiger partial charge in [0.2, 0.25) is 0 Å². The smallest absolute Gasteiger partial charge is 0.341 e. The van der Waals surface area contributed by atoms with Crippen LogP contribution in [-0.4, -0.2) is 17.6 Å². The van der Waals surface area contributed by atoms with E-state index in [0.29, 0.717) is 12.5 Å². The molecule has 0 saturated carbocycles. The molecule has 88 valence electrons. The lowest BCUT2D eigenvalue weighted by molar-refractivity contribution is 0.0489. The molecule has 0 N–H and O–H groups in total. The molecule has 0 aliphatic heterocycles. The van der Waals surface area contributed by atoms with Gasteiger partial charge >= 0.3 is 5.97 Å². The minimum absolute atomic E-state index is 0.0560. The van der Waals surface area contributed by atoms with E-state index in [2.05, 4.69) is 18.8 Å². The van der Waals surface area contributed by atoms with Crippen LogP contribution in [0.15, 0.2) is 18.5 Å². The third-order valence-corrected chi connectivity index (χ3v) is 2.15. The zero-order valence-electron chi connectivity index (χ0n) is 9.57. The zero-order chi connectivity index (χ0) is 12.0. The first-order valence-corrected chi connectivity index (χ1v) is 5.38. The van der Waals surface area contributed by atoms with Crippen molar-refractivity contribution in [3.05, 3.63) is 29.8 Å². The molecule has 0 saturated heterocycles. The molecule has 1 heterocycles. The largest absolute Gasteiger partial charge is 0.462 e. The fraction of sp³-hybridized carbons (Fsp3) is 0.500. The second-order valence-corrected chi connectivity index (χ2v) is 4.03. The van der Waals surface area contributed by atoms with E-state index in [1.54, 1.807) is 0 Å². The van der Waals surface area contributed by atoms with Crippen LogP contribution in [0.3, 0.4) is 0 Å². The van der Waals surface area contributed by atoms with E-state index >= 15 is 0 Å². The Morgan fingerprint density at radius 1 is 1.56 bits per heavy atom. The van der Waals surface area contributed by atoms with Crippen LogP contribution in [0, 0.1) is 11.7 Å². The van der Waals surface area contributed by atoms with Crippen molar-refractivity contribution >= 4 is 5.97 Å². The number of esters is 1. The van der Waals surface area contributed by atoms with Gasteiger partial charge in [-0.3, -0.25) is 4.98 Å². The average Bonchev–Trinajstić information content (AvgIpc) is 2.24. The van der Waals surface area contributed by atoms with E-state index in [-0.39, 0.29) is 5.56 Å². The Hall–Kier alpha value is -1.45. The predicted octanol–water partition coefficient (Wildman–Crippen LogP) is 2.81. The Balaban J connectivity index is 2.39. The highest BCUT2D eigenvalue weighted by Gasteiger charge is 2.12. The Morgan fingerprint density at radius 3 is 2.94 bits per heavy atom. The van der Waals surface area contributed by atoms with E-state index < -0.39 is 11.8 Å². The summed E-state index contributed by atoms with van der Waals surface area (Å²) < 4.78 is 18.1. The summed E-state index contributed by atoms with van der Waals surface area (Å²) in [5.74, 6) is -0.684. The van der Waals surface area contributed by atoms with Gasteiger partial charge in [-0.15, -0.1) is 0 Å². The van der Waals surface area contributed by atoms with Gasteiger partial charge in [0.15, 0.2) is 5.82 Å². The predicted molar refractivity (Wildman–Crippen MR) is 58.5 cm³/mol. The number of aromatic nitrogens is 1. The summed E-state index contributed by atoms with van der Waals surface area (Å²) >= 11 is 0. The van der Waals surface area contributed by atoms with Gasteiger partial charge in [0.1, 0.15) is 0 Å². The highest BCUT2D eigenvalue weighted by molar-refractivity contribution is 5.89. The van der Waals surface area contributed by atoms with Gasteiger partial charge in [-0.25, -0.2) is 9.18 Å². The summed E-state index contributed by atoms with van der Waals surface area (Å²) in [6, 6.07) is 1.32. The quantitative estimate of drug-likeness (QED) is 0.571. The van der Waals surface area contributed by atoms with Crippen LogP contribution < -0.4 is 0 Å². The van der Waals surface area contributed by atoms with Gasteiger partial charge < -0.3 is 4.74 Å². The molecule has 0 aliphatic rings. The molecule has 0 bridgehead atoms. The second-order valence-electron chi connectivity index (χ2n) is 4.03.